The highest BCUT2D eigenvalue weighted by molar-refractivity contribution is 7.09. The number of hydrogen-bond donors (Lipinski definition) is 2. The fourth-order valence-corrected chi connectivity index (χ4v) is 3.94. The highest BCUT2D eigenvalue weighted by Crippen LogP contribution is 2.27. The fourth-order valence-electron chi connectivity index (χ4n) is 3.33. The van der Waals surface area contributed by atoms with Gasteiger partial charge in [-0.3, -0.25) is 25.3 Å². The number of carbonyl (C=O) groups is 2. The second-order valence-electron chi connectivity index (χ2n) is 6.92. The Morgan fingerprint density at radius 3 is 2.52 bits per heavy atom. The van der Waals surface area contributed by atoms with Gasteiger partial charge in [-0.15, -0.1) is 11.3 Å². The molecular weight excluding hydrogens is 392 g/mol. The predicted molar refractivity (Wildman–Crippen MR) is 110 cm³/mol. The fraction of sp³-hybridized carbons (Fsp3) is 0.450. The van der Waals surface area contributed by atoms with Crippen LogP contribution in [0.1, 0.15) is 33.9 Å². The smallest absolute Gasteiger partial charge is 0.269 e. The first-order valence-corrected chi connectivity index (χ1v) is 10.3. The molecule has 1 saturated heterocycles. The van der Waals surface area contributed by atoms with E-state index < -0.39 is 5.91 Å². The number of aryl methyl sites for hydroxylation is 1. The lowest BCUT2D eigenvalue weighted by Crippen LogP contribution is -2.47. The van der Waals surface area contributed by atoms with E-state index in [9.17, 15) is 9.59 Å². The highest BCUT2D eigenvalue weighted by Gasteiger charge is 2.25. The van der Waals surface area contributed by atoms with Gasteiger partial charge in [0.15, 0.2) is 11.5 Å². The van der Waals surface area contributed by atoms with Crippen molar-refractivity contribution in [2.75, 3.05) is 27.3 Å². The third-order valence-electron chi connectivity index (χ3n) is 4.96. The topological polar surface area (TPSA) is 92.8 Å². The SMILES string of the molecule is COc1ccc(C(=O)NNC(=O)C2CCN(Cc3csc(C)n3)CC2)cc1OC. The summed E-state index contributed by atoms with van der Waals surface area (Å²) in [6.07, 6.45) is 1.50. The molecule has 1 aromatic carbocycles. The minimum atomic E-state index is -0.407. The van der Waals surface area contributed by atoms with Crippen molar-refractivity contribution in [3.63, 3.8) is 0 Å². The summed E-state index contributed by atoms with van der Waals surface area (Å²) in [4.78, 5) is 31.5. The van der Waals surface area contributed by atoms with Crippen LogP contribution in [0.3, 0.4) is 0 Å². The van der Waals surface area contributed by atoms with Gasteiger partial charge in [-0.25, -0.2) is 4.98 Å². The van der Waals surface area contributed by atoms with Crippen LogP contribution in [0.25, 0.3) is 0 Å². The van der Waals surface area contributed by atoms with Gasteiger partial charge in [0.1, 0.15) is 0 Å². The number of nitrogens with zero attached hydrogens (tertiary/aromatic N) is 2. The maximum absolute atomic E-state index is 12.4. The van der Waals surface area contributed by atoms with Crippen LogP contribution in [0.4, 0.5) is 0 Å². The lowest BCUT2D eigenvalue weighted by atomic mass is 9.96. The lowest BCUT2D eigenvalue weighted by Gasteiger charge is -2.30. The zero-order valence-electron chi connectivity index (χ0n) is 16.9. The third-order valence-corrected chi connectivity index (χ3v) is 5.78. The van der Waals surface area contributed by atoms with Crippen LogP contribution < -0.4 is 20.3 Å². The number of amides is 2. The van der Waals surface area contributed by atoms with E-state index in [-0.39, 0.29) is 11.8 Å². The van der Waals surface area contributed by atoms with Crippen molar-refractivity contribution in [1.29, 1.82) is 0 Å². The van der Waals surface area contributed by atoms with Crippen molar-refractivity contribution in [2.45, 2.75) is 26.3 Å². The Morgan fingerprint density at radius 2 is 1.90 bits per heavy atom. The van der Waals surface area contributed by atoms with Crippen LogP contribution in [-0.2, 0) is 11.3 Å². The summed E-state index contributed by atoms with van der Waals surface area (Å²) in [5.74, 6) is 0.301. The number of rotatable bonds is 6. The third kappa shape index (κ3) is 5.45. The monoisotopic (exact) mass is 418 g/mol. The van der Waals surface area contributed by atoms with E-state index in [2.05, 4.69) is 26.1 Å². The van der Waals surface area contributed by atoms with Crippen LogP contribution in [0.5, 0.6) is 11.5 Å². The second kappa shape index (κ2) is 9.71. The van der Waals surface area contributed by atoms with Crippen LogP contribution in [0, 0.1) is 12.8 Å². The van der Waals surface area contributed by atoms with Gasteiger partial charge in [0, 0.05) is 23.4 Å². The van der Waals surface area contributed by atoms with Crippen LogP contribution in [0.2, 0.25) is 0 Å². The van der Waals surface area contributed by atoms with E-state index in [1.165, 1.54) is 14.2 Å². The molecule has 0 atom stereocenters. The van der Waals surface area contributed by atoms with Crippen LogP contribution >= 0.6 is 11.3 Å². The maximum atomic E-state index is 12.4. The van der Waals surface area contributed by atoms with Crippen molar-refractivity contribution in [3.8, 4) is 11.5 Å². The molecule has 0 spiro atoms. The van der Waals surface area contributed by atoms with Gasteiger partial charge < -0.3 is 9.47 Å². The minimum Gasteiger partial charge on any atom is -0.493 e. The Labute approximate surface area is 174 Å². The van der Waals surface area contributed by atoms with Crippen molar-refractivity contribution in [1.82, 2.24) is 20.7 Å². The number of hydrazine groups is 1. The molecule has 2 N–H and O–H groups in total. The van der Waals surface area contributed by atoms with Gasteiger partial charge in [0.05, 0.1) is 24.9 Å². The minimum absolute atomic E-state index is 0.117. The average Bonchev–Trinajstić information content (AvgIpc) is 3.16. The number of piperidine rings is 1. The van der Waals surface area contributed by atoms with Crippen LogP contribution in [-0.4, -0.2) is 49.0 Å². The summed E-state index contributed by atoms with van der Waals surface area (Å²) in [5.41, 5.74) is 6.48. The second-order valence-corrected chi connectivity index (χ2v) is 7.98. The predicted octanol–water partition coefficient (Wildman–Crippen LogP) is 2.14. The highest BCUT2D eigenvalue weighted by atomic mass is 32.1. The number of aromatic nitrogens is 1. The number of carbonyl (C=O) groups excluding carboxylic acids is 2. The van der Waals surface area contributed by atoms with Gasteiger partial charge in [-0.1, -0.05) is 0 Å². The van der Waals surface area contributed by atoms with Gasteiger partial charge in [-0.05, 0) is 51.1 Å². The Morgan fingerprint density at radius 1 is 1.17 bits per heavy atom. The first-order valence-electron chi connectivity index (χ1n) is 9.45. The van der Waals surface area contributed by atoms with E-state index >= 15 is 0 Å². The van der Waals surface area contributed by atoms with Gasteiger partial charge >= 0.3 is 0 Å². The number of benzene rings is 1. The molecule has 1 aliphatic rings. The molecule has 1 fully saturated rings. The van der Waals surface area contributed by atoms with Crippen molar-refractivity contribution < 1.29 is 19.1 Å². The summed E-state index contributed by atoms with van der Waals surface area (Å²) in [6.45, 7) is 4.48. The Balaban J connectivity index is 1.45. The number of ether oxygens (including phenoxy) is 2. The number of hydrogen-bond acceptors (Lipinski definition) is 7. The zero-order valence-corrected chi connectivity index (χ0v) is 17.7. The summed E-state index contributed by atoms with van der Waals surface area (Å²) in [6, 6.07) is 4.83. The first kappa shape index (κ1) is 21.1. The summed E-state index contributed by atoms with van der Waals surface area (Å²) >= 11 is 1.65. The van der Waals surface area contributed by atoms with Gasteiger partial charge in [0.25, 0.3) is 5.91 Å². The molecule has 0 unspecified atom stereocenters. The average molecular weight is 419 g/mol. The molecule has 0 radical (unpaired) electrons. The Bertz CT molecular complexity index is 862. The molecule has 2 aromatic rings. The van der Waals surface area contributed by atoms with Gasteiger partial charge in [-0.2, -0.15) is 0 Å². The van der Waals surface area contributed by atoms with Gasteiger partial charge in [0.2, 0.25) is 5.91 Å². The van der Waals surface area contributed by atoms with E-state index in [0.717, 1.165) is 43.2 Å². The molecule has 3 rings (SSSR count). The molecule has 1 aromatic heterocycles. The van der Waals surface area contributed by atoms with E-state index in [1.54, 1.807) is 29.5 Å². The normalized spacial score (nSPS) is 15.0. The molecule has 2 heterocycles. The molecule has 29 heavy (non-hydrogen) atoms. The Kier molecular flexibility index (Phi) is 7.05. The standard InChI is InChI=1S/C20H26N4O4S/c1-13-21-16(12-29-13)11-24-8-6-14(7-9-24)19(25)22-23-20(26)15-4-5-17(27-2)18(10-15)28-3/h4-5,10,12,14H,6-9,11H2,1-3H3,(H,22,25)(H,23,26). The molecule has 156 valence electrons. The molecule has 2 amide bonds. The quantitative estimate of drug-likeness (QED) is 0.699. The largest absolute Gasteiger partial charge is 0.493 e. The number of nitrogens with one attached hydrogen (secondary N) is 2. The number of methoxy groups -OCH3 is 2. The lowest BCUT2D eigenvalue weighted by molar-refractivity contribution is -0.127. The molecule has 1 aliphatic heterocycles. The number of likely N-dealkylation sites (tertiary alicyclic amines) is 1. The van der Waals surface area contributed by atoms with E-state index in [4.69, 9.17) is 9.47 Å². The molecule has 8 nitrogen and oxygen atoms in total. The summed E-state index contributed by atoms with van der Waals surface area (Å²) < 4.78 is 10.4. The van der Waals surface area contributed by atoms with Crippen molar-refractivity contribution >= 4 is 23.2 Å². The molecular formula is C20H26N4O4S. The summed E-state index contributed by atoms with van der Waals surface area (Å²) in [5, 5.41) is 3.15. The first-order chi connectivity index (χ1) is 14.0. The van der Waals surface area contributed by atoms with Crippen molar-refractivity contribution in [3.05, 3.63) is 39.8 Å². The zero-order chi connectivity index (χ0) is 20.8. The summed E-state index contributed by atoms with van der Waals surface area (Å²) in [7, 11) is 3.03. The van der Waals surface area contributed by atoms with Crippen molar-refractivity contribution in [2.24, 2.45) is 5.92 Å². The maximum Gasteiger partial charge on any atom is 0.269 e. The van der Waals surface area contributed by atoms with Crippen LogP contribution in [0.15, 0.2) is 23.6 Å². The molecule has 0 bridgehead atoms. The number of thiazole rings is 1. The van der Waals surface area contributed by atoms with E-state index in [1.807, 2.05) is 6.92 Å². The molecule has 9 heteroatoms. The molecule has 0 saturated carbocycles. The molecule has 0 aliphatic carbocycles. The van der Waals surface area contributed by atoms with E-state index in [0.29, 0.717) is 17.1 Å². The Hall–Kier alpha value is -2.65.